The highest BCUT2D eigenvalue weighted by molar-refractivity contribution is 5.14. The first-order chi connectivity index (χ1) is 8.86. The second kappa shape index (κ2) is 7.58. The second-order valence-corrected chi connectivity index (χ2v) is 5.79. The summed E-state index contributed by atoms with van der Waals surface area (Å²) in [6.45, 7) is 0. The fourth-order valence-corrected chi connectivity index (χ4v) is 3.13. The number of aryl methyl sites for hydroxylation is 1. The zero-order valence-electron chi connectivity index (χ0n) is 11.5. The molecule has 1 aliphatic rings. The molecule has 0 spiro atoms. The maximum atomic E-state index is 6.42. The van der Waals surface area contributed by atoms with Crippen LogP contribution in [0, 0.1) is 5.92 Å². The Kier molecular flexibility index (Phi) is 5.73. The van der Waals surface area contributed by atoms with Crippen LogP contribution in [0.15, 0.2) is 30.3 Å². The molecule has 0 aromatic heterocycles. The van der Waals surface area contributed by atoms with Gasteiger partial charge in [-0.15, -0.1) is 0 Å². The molecule has 2 rings (SSSR count). The van der Waals surface area contributed by atoms with E-state index in [0.717, 1.165) is 18.8 Å². The van der Waals surface area contributed by atoms with Crippen LogP contribution in [0.5, 0.6) is 0 Å². The van der Waals surface area contributed by atoms with E-state index in [1.165, 1.54) is 50.5 Å². The first-order valence-electron chi connectivity index (χ1n) is 7.66. The van der Waals surface area contributed by atoms with Crippen LogP contribution in [0.2, 0.25) is 0 Å². The molecule has 1 nitrogen and oxygen atoms in total. The summed E-state index contributed by atoms with van der Waals surface area (Å²) in [7, 11) is 0. The molecule has 100 valence electrons. The largest absolute Gasteiger partial charge is 0.327 e. The van der Waals surface area contributed by atoms with Crippen molar-refractivity contribution in [3.05, 3.63) is 35.9 Å². The van der Waals surface area contributed by atoms with Crippen LogP contribution in [0.25, 0.3) is 0 Å². The molecule has 0 bridgehead atoms. The topological polar surface area (TPSA) is 26.0 Å². The average Bonchev–Trinajstić information content (AvgIpc) is 2.37. The highest BCUT2D eigenvalue weighted by atomic mass is 14.6. The molecule has 18 heavy (non-hydrogen) atoms. The number of nitrogens with two attached hydrogens (primary N) is 1. The van der Waals surface area contributed by atoms with Crippen LogP contribution < -0.4 is 5.73 Å². The Balaban J connectivity index is 1.77. The van der Waals surface area contributed by atoms with Gasteiger partial charge in [-0.25, -0.2) is 0 Å². The van der Waals surface area contributed by atoms with E-state index in [4.69, 9.17) is 5.73 Å². The van der Waals surface area contributed by atoms with Gasteiger partial charge in [0.05, 0.1) is 0 Å². The third-order valence-electron chi connectivity index (χ3n) is 4.36. The predicted molar refractivity (Wildman–Crippen MR) is 78.5 cm³/mol. The van der Waals surface area contributed by atoms with Crippen molar-refractivity contribution in [2.24, 2.45) is 11.7 Å². The molecule has 0 heterocycles. The first kappa shape index (κ1) is 13.6. The summed E-state index contributed by atoms with van der Waals surface area (Å²) in [6.07, 6.45) is 12.1. The molecular weight excluding hydrogens is 218 g/mol. The lowest BCUT2D eigenvalue weighted by Gasteiger charge is -2.25. The number of benzene rings is 1. The monoisotopic (exact) mass is 245 g/mol. The Labute approximate surface area is 112 Å². The molecule has 1 aliphatic carbocycles. The van der Waals surface area contributed by atoms with Gasteiger partial charge in [0.1, 0.15) is 0 Å². The lowest BCUT2D eigenvalue weighted by atomic mass is 9.84. The third-order valence-corrected chi connectivity index (χ3v) is 4.36. The molecule has 1 unspecified atom stereocenters. The van der Waals surface area contributed by atoms with Crippen molar-refractivity contribution in [1.82, 2.24) is 0 Å². The number of rotatable bonds is 4. The zero-order chi connectivity index (χ0) is 12.6. The van der Waals surface area contributed by atoms with E-state index in [-0.39, 0.29) is 0 Å². The molecule has 1 saturated carbocycles. The van der Waals surface area contributed by atoms with Crippen LogP contribution in [-0.4, -0.2) is 6.04 Å². The maximum absolute atomic E-state index is 6.42. The smallest absolute Gasteiger partial charge is 0.00703 e. The first-order valence-corrected chi connectivity index (χ1v) is 7.66. The average molecular weight is 245 g/mol. The van der Waals surface area contributed by atoms with Gasteiger partial charge in [-0.2, -0.15) is 0 Å². The molecule has 1 aromatic carbocycles. The van der Waals surface area contributed by atoms with Crippen molar-refractivity contribution in [2.45, 2.75) is 63.8 Å². The van der Waals surface area contributed by atoms with E-state index in [2.05, 4.69) is 30.3 Å². The minimum absolute atomic E-state index is 0.406. The predicted octanol–water partition coefficient (Wildman–Crippen LogP) is 4.31. The van der Waals surface area contributed by atoms with Gasteiger partial charge in [-0.1, -0.05) is 62.4 Å². The van der Waals surface area contributed by atoms with E-state index in [1.807, 2.05) is 0 Å². The quantitative estimate of drug-likeness (QED) is 0.840. The molecule has 1 aromatic rings. The second-order valence-electron chi connectivity index (χ2n) is 5.79. The highest BCUT2D eigenvalue weighted by Crippen LogP contribution is 2.25. The molecule has 0 radical (unpaired) electrons. The van der Waals surface area contributed by atoms with Gasteiger partial charge in [-0.3, -0.25) is 0 Å². The Morgan fingerprint density at radius 2 is 1.56 bits per heavy atom. The fraction of sp³-hybridized carbons (Fsp3) is 0.647. The van der Waals surface area contributed by atoms with Crippen molar-refractivity contribution in [3.8, 4) is 0 Å². The van der Waals surface area contributed by atoms with Gasteiger partial charge in [0.15, 0.2) is 0 Å². The zero-order valence-corrected chi connectivity index (χ0v) is 11.5. The summed E-state index contributed by atoms with van der Waals surface area (Å²) in [5, 5.41) is 0. The van der Waals surface area contributed by atoms with E-state index < -0.39 is 0 Å². The van der Waals surface area contributed by atoms with Gasteiger partial charge in [-0.05, 0) is 37.2 Å². The van der Waals surface area contributed by atoms with Gasteiger partial charge in [0, 0.05) is 6.04 Å². The lowest BCUT2D eigenvalue weighted by Crippen LogP contribution is -2.31. The van der Waals surface area contributed by atoms with Crippen LogP contribution in [0.4, 0.5) is 0 Å². The number of hydrogen-bond acceptors (Lipinski definition) is 1. The van der Waals surface area contributed by atoms with Crippen molar-refractivity contribution < 1.29 is 0 Å². The normalized spacial score (nSPS) is 20.1. The molecule has 2 N–H and O–H groups in total. The summed E-state index contributed by atoms with van der Waals surface area (Å²) in [5.74, 6) is 0.772. The Morgan fingerprint density at radius 3 is 2.22 bits per heavy atom. The van der Waals surface area contributed by atoms with Crippen LogP contribution in [-0.2, 0) is 6.42 Å². The lowest BCUT2D eigenvalue weighted by molar-refractivity contribution is 0.313. The van der Waals surface area contributed by atoms with E-state index in [9.17, 15) is 0 Å². The van der Waals surface area contributed by atoms with Gasteiger partial charge in [0.2, 0.25) is 0 Å². The Bertz CT molecular complexity index is 312. The minimum Gasteiger partial charge on any atom is -0.327 e. The molecule has 0 amide bonds. The molecule has 0 aliphatic heterocycles. The molecule has 1 atom stereocenters. The van der Waals surface area contributed by atoms with Crippen molar-refractivity contribution in [3.63, 3.8) is 0 Å². The third kappa shape index (κ3) is 4.45. The Morgan fingerprint density at radius 1 is 0.944 bits per heavy atom. The summed E-state index contributed by atoms with van der Waals surface area (Å²) in [5.41, 5.74) is 7.85. The van der Waals surface area contributed by atoms with Crippen molar-refractivity contribution in [1.29, 1.82) is 0 Å². The van der Waals surface area contributed by atoms with E-state index in [0.29, 0.717) is 6.04 Å². The molecule has 0 saturated heterocycles. The summed E-state index contributed by atoms with van der Waals surface area (Å²) >= 11 is 0. The van der Waals surface area contributed by atoms with Crippen LogP contribution in [0.3, 0.4) is 0 Å². The molecule has 1 heteroatoms. The SMILES string of the molecule is NC(CCc1ccccc1)C1CCCCCCC1. The van der Waals surface area contributed by atoms with Gasteiger partial charge in [0.25, 0.3) is 0 Å². The molecular formula is C17H27N. The van der Waals surface area contributed by atoms with Gasteiger partial charge < -0.3 is 5.73 Å². The van der Waals surface area contributed by atoms with Crippen LogP contribution in [0.1, 0.15) is 56.9 Å². The summed E-state index contributed by atoms with van der Waals surface area (Å²) < 4.78 is 0. The maximum Gasteiger partial charge on any atom is 0.00703 e. The highest BCUT2D eigenvalue weighted by Gasteiger charge is 2.18. The van der Waals surface area contributed by atoms with Crippen LogP contribution >= 0.6 is 0 Å². The Hall–Kier alpha value is -0.820. The van der Waals surface area contributed by atoms with E-state index in [1.54, 1.807) is 0 Å². The summed E-state index contributed by atoms with van der Waals surface area (Å²) in [6, 6.07) is 11.2. The standard InChI is InChI=1S/C17H27N/c18-17(14-13-15-9-5-4-6-10-15)16-11-7-2-1-3-8-12-16/h4-6,9-10,16-17H,1-3,7-8,11-14,18H2. The van der Waals surface area contributed by atoms with Crippen molar-refractivity contribution >= 4 is 0 Å². The summed E-state index contributed by atoms with van der Waals surface area (Å²) in [4.78, 5) is 0. The minimum atomic E-state index is 0.406. The fourth-order valence-electron chi connectivity index (χ4n) is 3.13. The number of hydrogen-bond donors (Lipinski definition) is 1. The van der Waals surface area contributed by atoms with E-state index >= 15 is 0 Å². The van der Waals surface area contributed by atoms with Gasteiger partial charge >= 0.3 is 0 Å². The van der Waals surface area contributed by atoms with Crippen molar-refractivity contribution in [2.75, 3.05) is 0 Å². The molecule has 1 fully saturated rings.